The van der Waals surface area contributed by atoms with Gasteiger partial charge in [-0.25, -0.2) is 0 Å². The van der Waals surface area contributed by atoms with Crippen LogP contribution in [0.3, 0.4) is 0 Å². The lowest BCUT2D eigenvalue weighted by Crippen LogP contribution is -2.43. The Kier molecular flexibility index (Phi) is 4.14. The number of aromatic nitrogens is 1. The Labute approximate surface area is 135 Å². The molecule has 0 unspecified atom stereocenters. The predicted molar refractivity (Wildman–Crippen MR) is 85.0 cm³/mol. The van der Waals surface area contributed by atoms with Crippen LogP contribution in [0.2, 0.25) is 0 Å². The molecule has 2 amide bonds. The van der Waals surface area contributed by atoms with Crippen LogP contribution in [-0.4, -0.2) is 47.0 Å². The van der Waals surface area contributed by atoms with E-state index < -0.39 is 11.8 Å². The zero-order chi connectivity index (χ0) is 16.6. The van der Waals surface area contributed by atoms with Crippen molar-refractivity contribution in [3.63, 3.8) is 0 Å². The molecule has 1 aliphatic heterocycles. The van der Waals surface area contributed by atoms with Crippen molar-refractivity contribution in [2.24, 2.45) is 0 Å². The van der Waals surface area contributed by atoms with E-state index in [4.69, 9.17) is 4.52 Å². The first-order valence-electron chi connectivity index (χ1n) is 8.16. The number of hydrogen-bond donors (Lipinski definition) is 2. The molecular formula is C16H24N4O3. The van der Waals surface area contributed by atoms with Crippen molar-refractivity contribution in [2.75, 3.05) is 18.4 Å². The van der Waals surface area contributed by atoms with E-state index in [-0.39, 0.29) is 17.3 Å². The molecule has 23 heavy (non-hydrogen) atoms. The normalized spacial score (nSPS) is 22.1. The molecule has 7 heteroatoms. The van der Waals surface area contributed by atoms with E-state index in [1.807, 2.05) is 20.8 Å². The number of nitrogens with one attached hydrogen (secondary N) is 2. The van der Waals surface area contributed by atoms with Crippen LogP contribution in [0.5, 0.6) is 0 Å². The minimum Gasteiger partial charge on any atom is -0.359 e. The molecule has 1 aromatic heterocycles. The lowest BCUT2D eigenvalue weighted by molar-refractivity contribution is -0.136. The topological polar surface area (TPSA) is 87.5 Å². The summed E-state index contributed by atoms with van der Waals surface area (Å²) in [6.07, 6.45) is 3.40. The Balaban J connectivity index is 1.49. The third-order valence-corrected chi connectivity index (χ3v) is 4.32. The quantitative estimate of drug-likeness (QED) is 0.819. The molecule has 1 saturated carbocycles. The van der Waals surface area contributed by atoms with Gasteiger partial charge in [0.15, 0.2) is 5.82 Å². The standard InChI is InChI=1S/C16H24N4O3/c1-16(2,3)12-8-13(19-23-12)18-15(22)14(21)17-10-6-7-20(9-10)11-4-5-11/h8,10-11H,4-7,9H2,1-3H3,(H,17,21)(H,18,19,22)/t10-/m0/s1. The van der Waals surface area contributed by atoms with Crippen LogP contribution in [-0.2, 0) is 15.0 Å². The molecule has 2 heterocycles. The summed E-state index contributed by atoms with van der Waals surface area (Å²) in [7, 11) is 0. The molecule has 2 aliphatic rings. The highest BCUT2D eigenvalue weighted by molar-refractivity contribution is 6.39. The fraction of sp³-hybridized carbons (Fsp3) is 0.688. The second kappa shape index (κ2) is 5.96. The largest absolute Gasteiger partial charge is 0.359 e. The van der Waals surface area contributed by atoms with Gasteiger partial charge in [0.25, 0.3) is 0 Å². The van der Waals surface area contributed by atoms with E-state index in [1.54, 1.807) is 6.07 Å². The third-order valence-electron chi connectivity index (χ3n) is 4.32. The molecule has 2 N–H and O–H groups in total. The maximum Gasteiger partial charge on any atom is 0.314 e. The average molecular weight is 320 g/mol. The van der Waals surface area contributed by atoms with Gasteiger partial charge < -0.3 is 9.84 Å². The van der Waals surface area contributed by atoms with Crippen molar-refractivity contribution < 1.29 is 14.1 Å². The first kappa shape index (κ1) is 16.0. The summed E-state index contributed by atoms with van der Waals surface area (Å²) in [4.78, 5) is 26.4. The summed E-state index contributed by atoms with van der Waals surface area (Å²) >= 11 is 0. The van der Waals surface area contributed by atoms with Crippen molar-refractivity contribution in [3.8, 4) is 0 Å². The van der Waals surface area contributed by atoms with Gasteiger partial charge in [0.05, 0.1) is 0 Å². The summed E-state index contributed by atoms with van der Waals surface area (Å²) in [6.45, 7) is 7.78. The molecule has 0 bridgehead atoms. The van der Waals surface area contributed by atoms with Gasteiger partial charge in [-0.15, -0.1) is 0 Å². The summed E-state index contributed by atoms with van der Waals surface area (Å²) in [5.41, 5.74) is -0.200. The Hall–Kier alpha value is -1.89. The van der Waals surface area contributed by atoms with Crippen LogP contribution in [0, 0.1) is 0 Å². The lowest BCUT2D eigenvalue weighted by atomic mass is 9.93. The summed E-state index contributed by atoms with van der Waals surface area (Å²) < 4.78 is 5.19. The molecule has 126 valence electrons. The van der Waals surface area contributed by atoms with E-state index >= 15 is 0 Å². The molecule has 7 nitrogen and oxygen atoms in total. The number of carbonyl (C=O) groups excluding carboxylic acids is 2. The molecule has 0 aromatic carbocycles. The van der Waals surface area contributed by atoms with Gasteiger partial charge in [-0.3, -0.25) is 19.8 Å². The summed E-state index contributed by atoms with van der Waals surface area (Å²) in [5.74, 6) is -0.401. The highest BCUT2D eigenvalue weighted by atomic mass is 16.5. The Morgan fingerprint density at radius 1 is 1.26 bits per heavy atom. The van der Waals surface area contributed by atoms with Crippen molar-refractivity contribution in [1.82, 2.24) is 15.4 Å². The maximum absolute atomic E-state index is 12.0. The van der Waals surface area contributed by atoms with Crippen molar-refractivity contribution in [1.29, 1.82) is 0 Å². The molecule has 0 spiro atoms. The lowest BCUT2D eigenvalue weighted by Gasteiger charge is -2.15. The fourth-order valence-corrected chi connectivity index (χ4v) is 2.79. The van der Waals surface area contributed by atoms with Crippen LogP contribution >= 0.6 is 0 Å². The minimum atomic E-state index is -0.705. The number of amides is 2. The Morgan fingerprint density at radius 2 is 2.00 bits per heavy atom. The van der Waals surface area contributed by atoms with E-state index in [9.17, 15) is 9.59 Å². The monoisotopic (exact) mass is 320 g/mol. The van der Waals surface area contributed by atoms with Crippen molar-refractivity contribution >= 4 is 17.6 Å². The van der Waals surface area contributed by atoms with E-state index in [0.29, 0.717) is 11.8 Å². The smallest absolute Gasteiger partial charge is 0.314 e. The molecule has 1 atom stereocenters. The van der Waals surface area contributed by atoms with E-state index in [2.05, 4.69) is 20.7 Å². The molecular weight excluding hydrogens is 296 g/mol. The Morgan fingerprint density at radius 3 is 2.61 bits per heavy atom. The van der Waals surface area contributed by atoms with Gasteiger partial charge in [-0.1, -0.05) is 25.9 Å². The highest BCUT2D eigenvalue weighted by Gasteiger charge is 2.35. The number of carbonyl (C=O) groups is 2. The first-order chi connectivity index (χ1) is 10.8. The van der Waals surface area contributed by atoms with Gasteiger partial charge in [0.1, 0.15) is 5.76 Å². The molecule has 1 saturated heterocycles. The second-order valence-corrected chi connectivity index (χ2v) is 7.47. The van der Waals surface area contributed by atoms with Gasteiger partial charge in [0.2, 0.25) is 0 Å². The maximum atomic E-state index is 12.0. The number of hydrogen-bond acceptors (Lipinski definition) is 5. The van der Waals surface area contributed by atoms with E-state index in [0.717, 1.165) is 19.5 Å². The number of likely N-dealkylation sites (tertiary alicyclic amines) is 1. The molecule has 1 aromatic rings. The van der Waals surface area contributed by atoms with Gasteiger partial charge in [-0.2, -0.15) is 0 Å². The number of rotatable bonds is 3. The molecule has 2 fully saturated rings. The number of anilines is 1. The van der Waals surface area contributed by atoms with Gasteiger partial charge in [0, 0.05) is 36.7 Å². The summed E-state index contributed by atoms with van der Waals surface area (Å²) in [6, 6.07) is 2.39. The third kappa shape index (κ3) is 3.90. The van der Waals surface area contributed by atoms with Gasteiger partial charge >= 0.3 is 11.8 Å². The predicted octanol–water partition coefficient (Wildman–Crippen LogP) is 1.26. The first-order valence-corrected chi connectivity index (χ1v) is 8.16. The zero-order valence-electron chi connectivity index (χ0n) is 13.9. The molecule has 3 rings (SSSR count). The fourth-order valence-electron chi connectivity index (χ4n) is 2.79. The van der Waals surface area contributed by atoms with Crippen LogP contribution < -0.4 is 10.6 Å². The number of nitrogens with zero attached hydrogens (tertiary/aromatic N) is 2. The minimum absolute atomic E-state index is 0.0521. The van der Waals surface area contributed by atoms with Gasteiger partial charge in [-0.05, 0) is 19.3 Å². The molecule has 0 radical (unpaired) electrons. The van der Waals surface area contributed by atoms with E-state index in [1.165, 1.54) is 12.8 Å². The van der Waals surface area contributed by atoms with Crippen molar-refractivity contribution in [3.05, 3.63) is 11.8 Å². The molecule has 1 aliphatic carbocycles. The Bertz CT molecular complexity index is 601. The van der Waals surface area contributed by atoms with Crippen LogP contribution in [0.15, 0.2) is 10.6 Å². The zero-order valence-corrected chi connectivity index (χ0v) is 13.9. The van der Waals surface area contributed by atoms with Crippen LogP contribution in [0.25, 0.3) is 0 Å². The van der Waals surface area contributed by atoms with Crippen molar-refractivity contribution in [2.45, 2.75) is 57.5 Å². The SMILES string of the molecule is CC(C)(C)c1cc(NC(=O)C(=O)N[C@H]2CCN(C3CC3)C2)no1. The van der Waals surface area contributed by atoms with Crippen LogP contribution in [0.4, 0.5) is 5.82 Å². The average Bonchev–Trinajstić information content (AvgIpc) is 3.02. The second-order valence-electron chi connectivity index (χ2n) is 7.47. The highest BCUT2D eigenvalue weighted by Crippen LogP contribution is 2.29. The summed E-state index contributed by atoms with van der Waals surface area (Å²) in [5, 5.41) is 9.07. The van der Waals surface area contributed by atoms with Crippen LogP contribution in [0.1, 0.15) is 45.8 Å².